The normalized spacial score (nSPS) is 12.4. The molecule has 1 heterocycles. The Labute approximate surface area is 163 Å². The summed E-state index contributed by atoms with van der Waals surface area (Å²) >= 11 is 1.62. The first-order chi connectivity index (χ1) is 13.0. The molecule has 2 aromatic rings. The van der Waals surface area contributed by atoms with Gasteiger partial charge in [0.25, 0.3) is 0 Å². The number of anilines is 3. The van der Waals surface area contributed by atoms with Gasteiger partial charge >= 0.3 is 6.09 Å². The van der Waals surface area contributed by atoms with Crippen LogP contribution in [0.3, 0.4) is 0 Å². The highest BCUT2D eigenvalue weighted by Crippen LogP contribution is 2.49. The van der Waals surface area contributed by atoms with Crippen molar-refractivity contribution in [3.8, 4) is 0 Å². The van der Waals surface area contributed by atoms with Gasteiger partial charge in [-0.05, 0) is 37.3 Å². The standard InChI is InChI=1S/C20H23N3O3S/c1-4-26-20(25)21-14-9-10-18-16(13-14)23(19(24)11-12-22(2)3)15-7-5-6-8-17(15)27-18/h5-10,13H,4,11-12H2,1-3H3,(H,21,25)/p+1. The van der Waals surface area contributed by atoms with Crippen molar-refractivity contribution in [2.24, 2.45) is 0 Å². The van der Waals surface area contributed by atoms with Crippen LogP contribution in [0, 0.1) is 0 Å². The zero-order valence-electron chi connectivity index (χ0n) is 15.7. The molecule has 0 unspecified atom stereocenters. The van der Waals surface area contributed by atoms with Gasteiger partial charge < -0.3 is 9.64 Å². The monoisotopic (exact) mass is 386 g/mol. The minimum Gasteiger partial charge on any atom is -0.450 e. The number of carbonyl (C=O) groups excluding carboxylic acids is 2. The van der Waals surface area contributed by atoms with Crippen molar-refractivity contribution in [3.05, 3.63) is 42.5 Å². The van der Waals surface area contributed by atoms with E-state index in [1.54, 1.807) is 23.6 Å². The molecular formula is C20H24N3O3S+. The first kappa shape index (κ1) is 19.3. The Morgan fingerprint density at radius 2 is 1.85 bits per heavy atom. The van der Waals surface area contributed by atoms with Crippen molar-refractivity contribution in [2.45, 2.75) is 23.1 Å². The summed E-state index contributed by atoms with van der Waals surface area (Å²) in [5, 5.41) is 2.71. The maximum Gasteiger partial charge on any atom is 0.411 e. The summed E-state index contributed by atoms with van der Waals surface area (Å²) < 4.78 is 4.95. The number of amides is 2. The highest BCUT2D eigenvalue weighted by Gasteiger charge is 2.28. The highest BCUT2D eigenvalue weighted by atomic mass is 32.2. The van der Waals surface area contributed by atoms with E-state index in [1.807, 2.05) is 56.6 Å². The molecule has 2 aromatic carbocycles. The lowest BCUT2D eigenvalue weighted by Gasteiger charge is -2.31. The van der Waals surface area contributed by atoms with Crippen molar-refractivity contribution < 1.29 is 19.2 Å². The summed E-state index contributed by atoms with van der Waals surface area (Å²) in [4.78, 5) is 29.8. The van der Waals surface area contributed by atoms with Gasteiger partial charge in [0.15, 0.2) is 0 Å². The molecule has 2 N–H and O–H groups in total. The average Bonchev–Trinajstić information content (AvgIpc) is 2.64. The fourth-order valence-corrected chi connectivity index (χ4v) is 3.89. The lowest BCUT2D eigenvalue weighted by molar-refractivity contribution is -0.857. The summed E-state index contributed by atoms with van der Waals surface area (Å²) in [6.07, 6.45) is -0.0635. The number of nitrogens with one attached hydrogen (secondary N) is 2. The summed E-state index contributed by atoms with van der Waals surface area (Å²) in [5.74, 6) is 0.0403. The molecule has 0 aliphatic carbocycles. The highest BCUT2D eigenvalue weighted by molar-refractivity contribution is 7.99. The Morgan fingerprint density at radius 3 is 2.59 bits per heavy atom. The number of fused-ring (bicyclic) bond motifs is 2. The number of ether oxygens (including phenoxy) is 1. The maximum atomic E-state index is 13.1. The predicted molar refractivity (Wildman–Crippen MR) is 107 cm³/mol. The van der Waals surface area contributed by atoms with E-state index in [9.17, 15) is 9.59 Å². The molecule has 0 spiro atoms. The number of nitrogens with zero attached hydrogens (tertiary/aromatic N) is 1. The number of hydrogen-bond acceptors (Lipinski definition) is 4. The molecule has 0 atom stereocenters. The first-order valence-corrected chi connectivity index (χ1v) is 9.78. The van der Waals surface area contributed by atoms with Crippen LogP contribution in [0.15, 0.2) is 52.3 Å². The van der Waals surface area contributed by atoms with Gasteiger partial charge in [-0.15, -0.1) is 0 Å². The minimum absolute atomic E-state index is 0.0403. The molecule has 1 aliphatic rings. The molecule has 0 saturated carbocycles. The van der Waals surface area contributed by atoms with E-state index in [0.717, 1.165) is 27.7 Å². The van der Waals surface area contributed by atoms with Gasteiger partial charge in [-0.25, -0.2) is 4.79 Å². The van der Waals surface area contributed by atoms with Gasteiger partial charge in [-0.2, -0.15) is 0 Å². The van der Waals surface area contributed by atoms with Gasteiger partial charge in [0, 0.05) is 15.5 Å². The van der Waals surface area contributed by atoms with Crippen LogP contribution >= 0.6 is 11.8 Å². The Morgan fingerprint density at radius 1 is 1.11 bits per heavy atom. The van der Waals surface area contributed by atoms with Crippen LogP contribution in [0.25, 0.3) is 0 Å². The van der Waals surface area contributed by atoms with E-state index in [0.29, 0.717) is 18.7 Å². The molecular weight excluding hydrogens is 362 g/mol. The maximum absolute atomic E-state index is 13.1. The van der Waals surface area contributed by atoms with Crippen LogP contribution in [0.1, 0.15) is 13.3 Å². The third-order valence-corrected chi connectivity index (χ3v) is 5.27. The van der Waals surface area contributed by atoms with E-state index in [1.165, 1.54) is 4.90 Å². The Bertz CT molecular complexity index is 854. The van der Waals surface area contributed by atoms with Crippen LogP contribution in [0.4, 0.5) is 21.9 Å². The topological polar surface area (TPSA) is 63.1 Å². The van der Waals surface area contributed by atoms with Crippen molar-refractivity contribution in [1.29, 1.82) is 0 Å². The van der Waals surface area contributed by atoms with Crippen LogP contribution in [-0.4, -0.2) is 39.2 Å². The molecule has 1 aliphatic heterocycles. The molecule has 6 nitrogen and oxygen atoms in total. The third-order valence-electron chi connectivity index (χ3n) is 4.14. The molecule has 27 heavy (non-hydrogen) atoms. The number of hydrogen-bond donors (Lipinski definition) is 2. The Balaban J connectivity index is 1.96. The first-order valence-electron chi connectivity index (χ1n) is 8.96. The number of benzene rings is 2. The van der Waals surface area contributed by atoms with E-state index >= 15 is 0 Å². The fourth-order valence-electron chi connectivity index (χ4n) is 2.86. The van der Waals surface area contributed by atoms with Gasteiger partial charge in [0.1, 0.15) is 0 Å². The zero-order chi connectivity index (χ0) is 19.4. The van der Waals surface area contributed by atoms with Gasteiger partial charge in [-0.3, -0.25) is 15.0 Å². The molecule has 3 rings (SSSR count). The molecule has 0 bridgehead atoms. The second kappa shape index (κ2) is 8.45. The SMILES string of the molecule is CCOC(=O)Nc1ccc2c(c1)N(C(=O)CC[NH+](C)C)c1ccccc1S2. The largest absolute Gasteiger partial charge is 0.450 e. The summed E-state index contributed by atoms with van der Waals surface area (Å²) in [6.45, 7) is 2.81. The Hall–Kier alpha value is -2.51. The van der Waals surface area contributed by atoms with E-state index in [-0.39, 0.29) is 5.91 Å². The van der Waals surface area contributed by atoms with Crippen LogP contribution in [0.5, 0.6) is 0 Å². The van der Waals surface area contributed by atoms with Crippen molar-refractivity contribution >= 4 is 40.8 Å². The van der Waals surface area contributed by atoms with E-state index < -0.39 is 6.09 Å². The van der Waals surface area contributed by atoms with Gasteiger partial charge in [-0.1, -0.05) is 23.9 Å². The molecule has 2 amide bonds. The Kier molecular flexibility index (Phi) is 6.03. The molecule has 7 heteroatoms. The zero-order valence-corrected chi connectivity index (χ0v) is 16.6. The second-order valence-electron chi connectivity index (χ2n) is 6.53. The summed E-state index contributed by atoms with van der Waals surface area (Å²) in [7, 11) is 4.06. The lowest BCUT2D eigenvalue weighted by atomic mass is 10.2. The molecule has 0 radical (unpaired) electrons. The van der Waals surface area contributed by atoms with Gasteiger partial charge in [0.2, 0.25) is 5.91 Å². The quantitative estimate of drug-likeness (QED) is 0.829. The van der Waals surface area contributed by atoms with Crippen molar-refractivity contribution in [1.82, 2.24) is 0 Å². The second-order valence-corrected chi connectivity index (χ2v) is 7.62. The van der Waals surface area contributed by atoms with E-state index in [4.69, 9.17) is 4.74 Å². The van der Waals surface area contributed by atoms with Crippen molar-refractivity contribution in [2.75, 3.05) is 37.5 Å². The average molecular weight is 386 g/mol. The fraction of sp³-hybridized carbons (Fsp3) is 0.300. The molecule has 142 valence electrons. The van der Waals surface area contributed by atoms with Crippen LogP contribution < -0.4 is 15.1 Å². The molecule has 0 fully saturated rings. The number of quaternary nitrogens is 1. The lowest BCUT2D eigenvalue weighted by Crippen LogP contribution is -3.05. The third kappa shape index (κ3) is 4.43. The summed E-state index contributed by atoms with van der Waals surface area (Å²) in [6, 6.07) is 13.5. The smallest absolute Gasteiger partial charge is 0.411 e. The van der Waals surface area contributed by atoms with E-state index in [2.05, 4.69) is 5.32 Å². The number of para-hydroxylation sites is 1. The van der Waals surface area contributed by atoms with Crippen LogP contribution in [-0.2, 0) is 9.53 Å². The van der Waals surface area contributed by atoms with Crippen molar-refractivity contribution in [3.63, 3.8) is 0 Å². The number of carbonyl (C=O) groups is 2. The number of rotatable bonds is 5. The molecule has 0 aromatic heterocycles. The predicted octanol–water partition coefficient (Wildman–Crippen LogP) is 2.92. The van der Waals surface area contributed by atoms with Crippen LogP contribution in [0.2, 0.25) is 0 Å². The minimum atomic E-state index is -0.504. The molecule has 0 saturated heterocycles. The van der Waals surface area contributed by atoms with Gasteiger partial charge in [0.05, 0.1) is 45.0 Å². The summed E-state index contributed by atoms with van der Waals surface area (Å²) in [5.41, 5.74) is 2.26.